The Morgan fingerprint density at radius 1 is 0.692 bits per heavy atom. The summed E-state index contributed by atoms with van der Waals surface area (Å²) >= 11 is 0. The van der Waals surface area contributed by atoms with Crippen LogP contribution >= 0.6 is 0 Å². The molecule has 0 spiro atoms. The molecule has 8 rings (SSSR count). The van der Waals surface area contributed by atoms with Crippen molar-refractivity contribution in [2.24, 2.45) is 0 Å². The number of hydrogen-bond acceptors (Lipinski definition) is 2. The number of phenolic OH excluding ortho intramolecular Hbond substituents is 1. The molecule has 0 saturated heterocycles. The fourth-order valence-corrected chi connectivity index (χ4v) is 5.42. The van der Waals surface area contributed by atoms with Gasteiger partial charge in [-0.25, -0.2) is 4.98 Å². The van der Waals surface area contributed by atoms with Gasteiger partial charge in [-0.3, -0.25) is 13.5 Å². The number of aromatic hydroxyl groups is 1. The van der Waals surface area contributed by atoms with Gasteiger partial charge in [-0.05, 0) is 36.4 Å². The van der Waals surface area contributed by atoms with E-state index in [2.05, 4.69) is 69.9 Å². The van der Waals surface area contributed by atoms with Crippen LogP contribution in [0.3, 0.4) is 0 Å². The number of aromatic nitrogens is 5. The molecule has 0 fully saturated rings. The minimum Gasteiger partial charge on any atom is -0.511 e. The Kier molecular flexibility index (Phi) is 5.39. The molecule has 0 unspecified atom stereocenters. The van der Waals surface area contributed by atoms with Crippen molar-refractivity contribution in [1.82, 2.24) is 18.5 Å². The Morgan fingerprint density at radius 3 is 2.23 bits per heavy atom. The van der Waals surface area contributed by atoms with Crippen LogP contribution in [0, 0.1) is 12.4 Å². The van der Waals surface area contributed by atoms with E-state index in [0.717, 1.165) is 50.3 Å². The molecule has 3 heterocycles. The molecule has 0 saturated carbocycles. The summed E-state index contributed by atoms with van der Waals surface area (Å²) < 4.78 is 8.28. The van der Waals surface area contributed by atoms with Gasteiger partial charge in [-0.2, -0.15) is 24.3 Å². The smallest absolute Gasteiger partial charge is 0.511 e. The molecular weight excluding hydrogens is 665 g/mol. The van der Waals surface area contributed by atoms with Crippen LogP contribution in [0.1, 0.15) is 0 Å². The van der Waals surface area contributed by atoms with E-state index in [9.17, 15) is 5.11 Å². The third kappa shape index (κ3) is 3.38. The first-order valence-corrected chi connectivity index (χ1v) is 12.4. The number of phenols is 1. The standard InChI is InChI=1S/C32H20N5O.Pt/c38-30-20-9-8-17-27(30)34-21-35(24-14-5-4-13-23(24)34)28-18-10-19-29-31(28)33-32-36(22-11-2-1-3-12-22)25-15-6-7-16-26(25)37(29)32;/h1-11,13-20,38H;/q-1;+2. The molecule has 188 valence electrons. The molecule has 0 bridgehead atoms. The summed E-state index contributed by atoms with van der Waals surface area (Å²) in [5.41, 5.74) is 8.42. The Labute approximate surface area is 237 Å². The van der Waals surface area contributed by atoms with Crippen molar-refractivity contribution >= 4 is 38.9 Å². The Morgan fingerprint density at radius 2 is 1.41 bits per heavy atom. The van der Waals surface area contributed by atoms with E-state index in [1.807, 2.05) is 69.8 Å². The molecule has 0 aliphatic heterocycles. The number of hydrogen-bond donors (Lipinski definition) is 1. The van der Waals surface area contributed by atoms with Crippen LogP contribution < -0.4 is 4.57 Å². The van der Waals surface area contributed by atoms with Crippen molar-refractivity contribution in [3.8, 4) is 22.8 Å². The molecule has 5 aromatic carbocycles. The molecule has 0 radical (unpaired) electrons. The van der Waals surface area contributed by atoms with Crippen LogP contribution in [0.15, 0.2) is 115 Å². The maximum atomic E-state index is 10.6. The fourth-order valence-electron chi connectivity index (χ4n) is 5.42. The molecule has 7 heteroatoms. The van der Waals surface area contributed by atoms with Crippen molar-refractivity contribution in [3.05, 3.63) is 128 Å². The Balaban J connectivity index is 0.00000253. The van der Waals surface area contributed by atoms with Gasteiger partial charge in [0, 0.05) is 0 Å². The van der Waals surface area contributed by atoms with Gasteiger partial charge >= 0.3 is 21.1 Å². The van der Waals surface area contributed by atoms with Crippen molar-refractivity contribution in [2.75, 3.05) is 0 Å². The molecule has 0 atom stereocenters. The molecule has 1 N–H and O–H groups in total. The van der Waals surface area contributed by atoms with E-state index in [0.29, 0.717) is 5.69 Å². The molecule has 0 amide bonds. The minimum absolute atomic E-state index is 0. The van der Waals surface area contributed by atoms with Crippen molar-refractivity contribution in [3.63, 3.8) is 0 Å². The molecule has 0 aliphatic carbocycles. The zero-order chi connectivity index (χ0) is 25.2. The third-order valence-electron chi connectivity index (χ3n) is 7.07. The Bertz CT molecular complexity index is 2160. The molecule has 3 aromatic heterocycles. The zero-order valence-electron chi connectivity index (χ0n) is 20.5. The first-order chi connectivity index (χ1) is 18.8. The number of fused-ring (bicyclic) bond motifs is 6. The Hall–Kier alpha value is -4.67. The van der Waals surface area contributed by atoms with Crippen molar-refractivity contribution in [1.29, 1.82) is 0 Å². The second-order valence-corrected chi connectivity index (χ2v) is 9.21. The first kappa shape index (κ1) is 23.4. The van der Waals surface area contributed by atoms with Gasteiger partial charge in [0.25, 0.3) is 6.33 Å². The molecule has 6 nitrogen and oxygen atoms in total. The number of rotatable bonds is 3. The minimum atomic E-state index is 0. The average Bonchev–Trinajstić information content (AvgIpc) is 3.63. The van der Waals surface area contributed by atoms with Gasteiger partial charge < -0.3 is 9.67 Å². The summed E-state index contributed by atoms with van der Waals surface area (Å²) in [5, 5.41) is 10.6. The van der Waals surface area contributed by atoms with E-state index >= 15 is 0 Å². The van der Waals surface area contributed by atoms with Gasteiger partial charge in [0.2, 0.25) is 5.78 Å². The maximum Gasteiger partial charge on any atom is 2.00 e. The second kappa shape index (κ2) is 8.97. The third-order valence-corrected chi connectivity index (χ3v) is 7.07. The number of imidazole rings is 3. The van der Waals surface area contributed by atoms with E-state index in [-0.39, 0.29) is 26.8 Å². The van der Waals surface area contributed by atoms with Crippen molar-refractivity contribution in [2.45, 2.75) is 0 Å². The van der Waals surface area contributed by atoms with Crippen LogP contribution in [0.5, 0.6) is 5.75 Å². The summed E-state index contributed by atoms with van der Waals surface area (Å²) in [6, 6.07) is 41.3. The second-order valence-electron chi connectivity index (χ2n) is 9.21. The van der Waals surface area contributed by atoms with Crippen molar-refractivity contribution < 1.29 is 30.7 Å². The van der Waals surface area contributed by atoms with Crippen LogP contribution in [0.4, 0.5) is 0 Å². The first-order valence-electron chi connectivity index (χ1n) is 12.4. The zero-order valence-corrected chi connectivity index (χ0v) is 22.7. The van der Waals surface area contributed by atoms with Gasteiger partial charge in [0.05, 0.1) is 33.3 Å². The summed E-state index contributed by atoms with van der Waals surface area (Å²) in [4.78, 5) is 5.22. The largest absolute Gasteiger partial charge is 2.00 e. The number of para-hydroxylation sites is 8. The van der Waals surface area contributed by atoms with E-state index in [4.69, 9.17) is 4.98 Å². The molecule has 0 aliphatic rings. The van der Waals surface area contributed by atoms with Gasteiger partial charge in [0.15, 0.2) is 0 Å². The normalized spacial score (nSPS) is 11.5. The summed E-state index contributed by atoms with van der Waals surface area (Å²) in [6.45, 7) is 0. The van der Waals surface area contributed by atoms with E-state index < -0.39 is 0 Å². The van der Waals surface area contributed by atoms with Crippen LogP contribution in [0.25, 0.3) is 55.9 Å². The predicted molar refractivity (Wildman–Crippen MR) is 147 cm³/mol. The molecule has 8 aromatic rings. The SMILES string of the molecule is Oc1ccccc1-n1[c-][n+](-c2cccc3c2nc2n(-c4[c-]cccc4)c4ccccc4n32)c2ccccc21.[Pt+2]. The van der Waals surface area contributed by atoms with Crippen LogP contribution in [0.2, 0.25) is 0 Å². The average molecular weight is 686 g/mol. The van der Waals surface area contributed by atoms with Gasteiger partial charge in [0.1, 0.15) is 17.0 Å². The quantitative estimate of drug-likeness (QED) is 0.185. The summed E-state index contributed by atoms with van der Waals surface area (Å²) in [7, 11) is 0. The maximum absolute atomic E-state index is 10.6. The van der Waals surface area contributed by atoms with Gasteiger partial charge in [-0.15, -0.1) is 6.07 Å². The summed E-state index contributed by atoms with van der Waals surface area (Å²) in [5.74, 6) is 1.02. The van der Waals surface area contributed by atoms with Crippen LogP contribution in [-0.4, -0.2) is 23.6 Å². The fraction of sp³-hybridized carbons (Fsp3) is 0. The number of nitrogens with zero attached hydrogens (tertiary/aromatic N) is 5. The van der Waals surface area contributed by atoms with Crippen LogP contribution in [-0.2, 0) is 21.1 Å². The number of benzene rings is 5. The molecule has 39 heavy (non-hydrogen) atoms. The topological polar surface area (TPSA) is 51.3 Å². The summed E-state index contributed by atoms with van der Waals surface area (Å²) in [6.07, 6.45) is 3.49. The van der Waals surface area contributed by atoms with E-state index in [1.165, 1.54) is 0 Å². The van der Waals surface area contributed by atoms with Gasteiger partial charge in [-0.1, -0.05) is 60.3 Å². The van der Waals surface area contributed by atoms with E-state index in [1.54, 1.807) is 6.07 Å². The predicted octanol–water partition coefficient (Wildman–Crippen LogP) is 5.96. The monoisotopic (exact) mass is 685 g/mol. The molecular formula is C32H20N5OPt+.